The number of carbonyl (C=O) groups excluding carboxylic acids is 1. The zero-order valence-corrected chi connectivity index (χ0v) is 12.0. The minimum atomic E-state index is -0.570. The highest BCUT2D eigenvalue weighted by molar-refractivity contribution is 6.03. The Kier molecular flexibility index (Phi) is 3.98. The van der Waals surface area contributed by atoms with Crippen LogP contribution in [0.5, 0.6) is 0 Å². The molecule has 1 aromatic heterocycles. The molecule has 8 nitrogen and oxygen atoms in total. The zero-order valence-electron chi connectivity index (χ0n) is 12.0. The van der Waals surface area contributed by atoms with E-state index in [1.54, 1.807) is 6.07 Å². The third-order valence-corrected chi connectivity index (χ3v) is 3.06. The first-order valence-electron chi connectivity index (χ1n) is 6.68. The van der Waals surface area contributed by atoms with E-state index in [0.29, 0.717) is 5.56 Å². The van der Waals surface area contributed by atoms with Crippen molar-refractivity contribution in [3.8, 4) is 11.5 Å². The van der Waals surface area contributed by atoms with E-state index in [2.05, 4.69) is 15.5 Å². The molecular formula is C15H9FN4O4. The second-order valence-corrected chi connectivity index (χ2v) is 4.68. The van der Waals surface area contributed by atoms with Crippen LogP contribution in [0, 0.1) is 15.9 Å². The maximum absolute atomic E-state index is 13.2. The van der Waals surface area contributed by atoms with Crippen molar-refractivity contribution in [2.45, 2.75) is 0 Å². The number of halogens is 1. The van der Waals surface area contributed by atoms with E-state index >= 15 is 0 Å². The second kappa shape index (κ2) is 6.24. The van der Waals surface area contributed by atoms with Crippen molar-refractivity contribution in [1.29, 1.82) is 0 Å². The van der Waals surface area contributed by atoms with Crippen molar-refractivity contribution >= 4 is 17.6 Å². The van der Waals surface area contributed by atoms with Crippen molar-refractivity contribution in [3.05, 3.63) is 70.0 Å². The number of nitro benzene ring substituents is 1. The summed E-state index contributed by atoms with van der Waals surface area (Å²) in [4.78, 5) is 22.0. The molecule has 0 radical (unpaired) electrons. The summed E-state index contributed by atoms with van der Waals surface area (Å²) in [5.74, 6) is -0.977. The number of non-ortho nitro benzene ring substituents is 1. The minimum Gasteiger partial charge on any atom is -0.403 e. The van der Waals surface area contributed by atoms with Crippen molar-refractivity contribution in [2.75, 3.05) is 5.32 Å². The highest BCUT2D eigenvalue weighted by Gasteiger charge is 2.14. The molecule has 24 heavy (non-hydrogen) atoms. The minimum absolute atomic E-state index is 0.0495. The van der Waals surface area contributed by atoms with Gasteiger partial charge in [-0.05, 0) is 30.3 Å². The summed E-state index contributed by atoms with van der Waals surface area (Å²) in [5.41, 5.74) is 0.433. The van der Waals surface area contributed by atoms with E-state index in [0.717, 1.165) is 0 Å². The van der Waals surface area contributed by atoms with Crippen molar-refractivity contribution in [2.24, 2.45) is 0 Å². The Labute approximate surface area is 134 Å². The van der Waals surface area contributed by atoms with Crippen molar-refractivity contribution < 1.29 is 18.5 Å². The summed E-state index contributed by atoms with van der Waals surface area (Å²) >= 11 is 0. The fraction of sp³-hybridized carbons (Fsp3) is 0. The van der Waals surface area contributed by atoms with Crippen LogP contribution in [0.2, 0.25) is 0 Å². The summed E-state index contributed by atoms with van der Waals surface area (Å²) in [6, 6.07) is 10.4. The Hall–Kier alpha value is -3.62. The summed E-state index contributed by atoms with van der Waals surface area (Å²) in [5, 5.41) is 20.3. The molecule has 9 heteroatoms. The molecule has 0 saturated carbocycles. The van der Waals surface area contributed by atoms with Crippen LogP contribution in [0.15, 0.2) is 52.9 Å². The molecule has 2 aromatic carbocycles. The zero-order chi connectivity index (χ0) is 17.1. The van der Waals surface area contributed by atoms with Crippen LogP contribution < -0.4 is 5.32 Å². The van der Waals surface area contributed by atoms with E-state index in [4.69, 9.17) is 4.42 Å². The molecule has 0 spiro atoms. The molecule has 3 rings (SSSR count). The SMILES string of the molecule is O=C(Nc1nnc(-c2cccc(F)c2)o1)c1ccc([N+](=O)[O-])cc1. The van der Waals surface area contributed by atoms with Crippen LogP contribution in [-0.2, 0) is 0 Å². The first kappa shape index (κ1) is 15.3. The molecule has 1 N–H and O–H groups in total. The van der Waals surface area contributed by atoms with Gasteiger partial charge in [0, 0.05) is 23.3 Å². The second-order valence-electron chi connectivity index (χ2n) is 4.68. The van der Waals surface area contributed by atoms with Gasteiger partial charge in [-0.1, -0.05) is 11.2 Å². The maximum atomic E-state index is 13.2. The molecular weight excluding hydrogens is 319 g/mol. The lowest BCUT2D eigenvalue weighted by Crippen LogP contribution is -2.12. The van der Waals surface area contributed by atoms with Gasteiger partial charge in [-0.3, -0.25) is 20.2 Å². The highest BCUT2D eigenvalue weighted by Crippen LogP contribution is 2.21. The Balaban J connectivity index is 1.74. The van der Waals surface area contributed by atoms with Gasteiger partial charge in [0.2, 0.25) is 5.89 Å². The molecule has 1 amide bonds. The predicted molar refractivity (Wildman–Crippen MR) is 80.7 cm³/mol. The third-order valence-electron chi connectivity index (χ3n) is 3.06. The Morgan fingerprint density at radius 1 is 1.17 bits per heavy atom. The molecule has 1 heterocycles. The fourth-order valence-corrected chi connectivity index (χ4v) is 1.92. The van der Waals surface area contributed by atoms with E-state index < -0.39 is 16.6 Å². The van der Waals surface area contributed by atoms with Gasteiger partial charge in [0.15, 0.2) is 0 Å². The predicted octanol–water partition coefficient (Wildman–Crippen LogP) is 3.04. The molecule has 0 aliphatic carbocycles. The van der Waals surface area contributed by atoms with Crippen molar-refractivity contribution in [3.63, 3.8) is 0 Å². The molecule has 0 aliphatic heterocycles. The number of carbonyl (C=O) groups is 1. The largest absolute Gasteiger partial charge is 0.403 e. The number of hydrogen-bond donors (Lipinski definition) is 1. The molecule has 0 unspecified atom stereocenters. The van der Waals surface area contributed by atoms with Gasteiger partial charge in [-0.15, -0.1) is 5.10 Å². The van der Waals surface area contributed by atoms with Crippen LogP contribution >= 0.6 is 0 Å². The first-order valence-corrected chi connectivity index (χ1v) is 6.68. The smallest absolute Gasteiger partial charge is 0.322 e. The summed E-state index contributed by atoms with van der Waals surface area (Å²) in [6.45, 7) is 0. The Morgan fingerprint density at radius 2 is 1.92 bits per heavy atom. The van der Waals surface area contributed by atoms with E-state index in [9.17, 15) is 19.3 Å². The number of aromatic nitrogens is 2. The topological polar surface area (TPSA) is 111 Å². The van der Waals surface area contributed by atoms with E-state index in [-0.39, 0.29) is 23.2 Å². The Bertz CT molecular complexity index is 908. The average molecular weight is 328 g/mol. The Morgan fingerprint density at radius 3 is 2.58 bits per heavy atom. The first-order chi connectivity index (χ1) is 11.5. The van der Waals surface area contributed by atoms with E-state index in [1.165, 1.54) is 42.5 Å². The highest BCUT2D eigenvalue weighted by atomic mass is 19.1. The van der Waals surface area contributed by atoms with Crippen LogP contribution in [0.4, 0.5) is 16.1 Å². The molecule has 0 saturated heterocycles. The van der Waals surface area contributed by atoms with Crippen LogP contribution in [0.25, 0.3) is 11.5 Å². The quantitative estimate of drug-likeness (QED) is 0.582. The number of nitro groups is 1. The van der Waals surface area contributed by atoms with Crippen molar-refractivity contribution in [1.82, 2.24) is 10.2 Å². The number of nitrogens with one attached hydrogen (secondary N) is 1. The van der Waals surface area contributed by atoms with Crippen LogP contribution in [0.1, 0.15) is 10.4 Å². The summed E-state index contributed by atoms with van der Waals surface area (Å²) in [7, 11) is 0. The number of benzene rings is 2. The van der Waals surface area contributed by atoms with Gasteiger partial charge in [-0.2, -0.15) is 0 Å². The number of amides is 1. The van der Waals surface area contributed by atoms with Gasteiger partial charge in [0.25, 0.3) is 11.6 Å². The van der Waals surface area contributed by atoms with Gasteiger partial charge in [0.05, 0.1) is 4.92 Å². The number of rotatable bonds is 4. The fourth-order valence-electron chi connectivity index (χ4n) is 1.92. The molecule has 0 atom stereocenters. The van der Waals surface area contributed by atoms with Gasteiger partial charge in [0.1, 0.15) is 5.82 Å². The average Bonchev–Trinajstić information content (AvgIpc) is 3.03. The van der Waals surface area contributed by atoms with Crippen LogP contribution in [-0.4, -0.2) is 21.0 Å². The molecule has 3 aromatic rings. The monoisotopic (exact) mass is 328 g/mol. The standard InChI is InChI=1S/C15H9FN4O4/c16-11-3-1-2-10(8-11)14-18-19-15(24-14)17-13(21)9-4-6-12(7-5-9)20(22)23/h1-8H,(H,17,19,21). The summed E-state index contributed by atoms with van der Waals surface area (Å²) in [6.07, 6.45) is 0. The number of anilines is 1. The normalized spacial score (nSPS) is 10.4. The van der Waals surface area contributed by atoms with Gasteiger partial charge >= 0.3 is 6.01 Å². The number of hydrogen-bond acceptors (Lipinski definition) is 6. The molecule has 0 fully saturated rings. The van der Waals surface area contributed by atoms with Crippen LogP contribution in [0.3, 0.4) is 0 Å². The van der Waals surface area contributed by atoms with Gasteiger partial charge < -0.3 is 4.42 Å². The molecule has 120 valence electrons. The summed E-state index contributed by atoms with van der Waals surface area (Å²) < 4.78 is 18.4. The molecule has 0 bridgehead atoms. The lowest BCUT2D eigenvalue weighted by atomic mass is 10.2. The lowest BCUT2D eigenvalue weighted by molar-refractivity contribution is -0.384. The number of nitrogens with zero attached hydrogens (tertiary/aromatic N) is 3. The van der Waals surface area contributed by atoms with Gasteiger partial charge in [-0.25, -0.2) is 4.39 Å². The maximum Gasteiger partial charge on any atom is 0.322 e. The van der Waals surface area contributed by atoms with E-state index in [1.807, 2.05) is 0 Å². The molecule has 0 aliphatic rings. The third kappa shape index (κ3) is 3.24. The lowest BCUT2D eigenvalue weighted by Gasteiger charge is -2.00.